The first-order valence-electron chi connectivity index (χ1n) is 5.17. The molecule has 0 aliphatic carbocycles. The molecule has 0 radical (unpaired) electrons. The van der Waals surface area contributed by atoms with Crippen molar-refractivity contribution in [1.29, 1.82) is 0 Å². The van der Waals surface area contributed by atoms with E-state index in [4.69, 9.17) is 0 Å². The van der Waals surface area contributed by atoms with Crippen molar-refractivity contribution in [2.24, 2.45) is 0 Å². The molecule has 102 valence electrons. The van der Waals surface area contributed by atoms with Gasteiger partial charge in [0.1, 0.15) is 0 Å². The second-order valence-corrected chi connectivity index (χ2v) is 5.51. The highest BCUT2D eigenvalue weighted by molar-refractivity contribution is 7.92. The minimum Gasteiger partial charge on any atom is -0.313 e. The minimum atomic E-state index is -4.12. The Morgan fingerprint density at radius 1 is 1.26 bits per heavy atom. The number of anilines is 1. The molecule has 2 aromatic heterocycles. The molecular formula is C9H11N5O4S. The summed E-state index contributed by atoms with van der Waals surface area (Å²) in [6.07, 6.45) is 0.832. The van der Waals surface area contributed by atoms with E-state index in [1.165, 1.54) is 0 Å². The fraction of sp³-hybridized carbons (Fsp3) is 0.222. The number of sulfonamides is 1. The molecule has 0 saturated carbocycles. The molecule has 0 bridgehead atoms. The van der Waals surface area contributed by atoms with Gasteiger partial charge >= 0.3 is 5.69 Å². The van der Waals surface area contributed by atoms with E-state index in [1.54, 1.807) is 13.8 Å². The molecule has 19 heavy (non-hydrogen) atoms. The van der Waals surface area contributed by atoms with Crippen molar-refractivity contribution in [3.05, 3.63) is 38.3 Å². The van der Waals surface area contributed by atoms with E-state index < -0.39 is 26.2 Å². The molecule has 0 atom stereocenters. The van der Waals surface area contributed by atoms with E-state index in [0.717, 1.165) is 6.20 Å². The summed E-state index contributed by atoms with van der Waals surface area (Å²) in [6.45, 7) is 3.40. The van der Waals surface area contributed by atoms with Crippen molar-refractivity contribution in [2.75, 3.05) is 4.72 Å². The van der Waals surface area contributed by atoms with Gasteiger partial charge in [0.05, 0.1) is 0 Å². The second-order valence-electron chi connectivity index (χ2n) is 3.86. The molecule has 2 heterocycles. The summed E-state index contributed by atoms with van der Waals surface area (Å²) in [7, 11) is -4.12. The second kappa shape index (κ2) is 4.39. The lowest BCUT2D eigenvalue weighted by molar-refractivity contribution is 0.598. The van der Waals surface area contributed by atoms with Crippen molar-refractivity contribution >= 4 is 15.8 Å². The fourth-order valence-corrected chi connectivity index (χ4v) is 2.44. The number of nitrogens with zero attached hydrogens (tertiary/aromatic N) is 1. The molecular weight excluding hydrogens is 274 g/mol. The molecule has 2 rings (SSSR count). The molecule has 0 unspecified atom stereocenters. The van der Waals surface area contributed by atoms with Gasteiger partial charge in [0.15, 0.2) is 10.7 Å². The first kappa shape index (κ1) is 13.1. The van der Waals surface area contributed by atoms with Crippen molar-refractivity contribution in [2.45, 2.75) is 18.7 Å². The Labute approximate surface area is 107 Å². The van der Waals surface area contributed by atoms with Crippen LogP contribution in [0.1, 0.15) is 11.3 Å². The van der Waals surface area contributed by atoms with Crippen LogP contribution in [0.4, 0.5) is 5.82 Å². The molecule has 10 heteroatoms. The van der Waals surface area contributed by atoms with E-state index in [9.17, 15) is 18.0 Å². The van der Waals surface area contributed by atoms with Gasteiger partial charge in [0.2, 0.25) is 0 Å². The molecule has 0 spiro atoms. The van der Waals surface area contributed by atoms with Crippen LogP contribution in [0.2, 0.25) is 0 Å². The summed E-state index contributed by atoms with van der Waals surface area (Å²) in [5.74, 6) is 0.100. The maximum Gasteiger partial charge on any atom is 0.325 e. The molecule has 9 nitrogen and oxygen atoms in total. The van der Waals surface area contributed by atoms with Crippen LogP contribution in [0, 0.1) is 13.8 Å². The van der Waals surface area contributed by atoms with Crippen LogP contribution in [0.15, 0.2) is 20.7 Å². The highest BCUT2D eigenvalue weighted by Crippen LogP contribution is 2.16. The number of nitrogens with one attached hydrogen (secondary N) is 4. The van der Waals surface area contributed by atoms with E-state index in [1.807, 2.05) is 4.98 Å². The van der Waals surface area contributed by atoms with E-state index >= 15 is 0 Å². The summed E-state index contributed by atoms with van der Waals surface area (Å²) >= 11 is 0. The van der Waals surface area contributed by atoms with Gasteiger partial charge in [-0.05, 0) is 13.8 Å². The average molecular weight is 285 g/mol. The number of rotatable bonds is 3. The van der Waals surface area contributed by atoms with Gasteiger partial charge < -0.3 is 4.98 Å². The summed E-state index contributed by atoms with van der Waals surface area (Å²) in [5.41, 5.74) is -0.464. The van der Waals surface area contributed by atoms with Crippen LogP contribution in [0.25, 0.3) is 0 Å². The number of hydrogen-bond donors (Lipinski definition) is 4. The van der Waals surface area contributed by atoms with Gasteiger partial charge in [0.25, 0.3) is 15.6 Å². The zero-order valence-electron chi connectivity index (χ0n) is 10.1. The molecule has 0 saturated heterocycles. The van der Waals surface area contributed by atoms with Gasteiger partial charge in [-0.15, -0.1) is 0 Å². The molecule has 2 aromatic rings. The predicted octanol–water partition coefficient (Wildman–Crippen LogP) is -0.796. The third-order valence-corrected chi connectivity index (χ3v) is 3.90. The Morgan fingerprint density at radius 2 is 1.95 bits per heavy atom. The Kier molecular flexibility index (Phi) is 3.02. The van der Waals surface area contributed by atoms with Crippen LogP contribution in [-0.2, 0) is 10.0 Å². The van der Waals surface area contributed by atoms with Crippen LogP contribution in [-0.4, -0.2) is 28.6 Å². The molecule has 0 aliphatic rings. The topological polar surface area (TPSA) is 141 Å². The van der Waals surface area contributed by atoms with Crippen molar-refractivity contribution in [1.82, 2.24) is 20.2 Å². The third kappa shape index (κ3) is 2.42. The maximum absolute atomic E-state index is 12.0. The number of H-pyrrole nitrogens is 3. The Bertz CT molecular complexity index is 829. The van der Waals surface area contributed by atoms with E-state index in [-0.39, 0.29) is 5.82 Å². The Morgan fingerprint density at radius 3 is 2.47 bits per heavy atom. The number of hydrogen-bond acceptors (Lipinski definition) is 5. The van der Waals surface area contributed by atoms with Crippen LogP contribution < -0.4 is 16.0 Å². The Hall–Kier alpha value is -2.36. The van der Waals surface area contributed by atoms with Crippen molar-refractivity contribution in [3.63, 3.8) is 0 Å². The molecule has 0 aromatic carbocycles. The smallest absolute Gasteiger partial charge is 0.313 e. The van der Waals surface area contributed by atoms with Crippen LogP contribution in [0.5, 0.6) is 0 Å². The molecule has 0 fully saturated rings. The van der Waals surface area contributed by atoms with E-state index in [0.29, 0.717) is 11.3 Å². The zero-order valence-corrected chi connectivity index (χ0v) is 10.9. The standard InChI is InChI=1S/C9H11N5O4S/c1-4-5(2)12-13-7(4)14-19(17,18)6-3-10-9(16)11-8(6)15/h3H,1-2H3,(H2,12,13,14)(H2,10,11,15,16). The highest BCUT2D eigenvalue weighted by Gasteiger charge is 2.21. The fourth-order valence-electron chi connectivity index (χ4n) is 1.36. The summed E-state index contributed by atoms with van der Waals surface area (Å²) in [5, 5.41) is 6.39. The molecule has 0 aliphatic heterocycles. The van der Waals surface area contributed by atoms with Crippen LogP contribution in [0.3, 0.4) is 0 Å². The normalized spacial score (nSPS) is 11.5. The number of aromatic nitrogens is 4. The lowest BCUT2D eigenvalue weighted by Gasteiger charge is -2.04. The first-order valence-corrected chi connectivity index (χ1v) is 6.66. The SMILES string of the molecule is Cc1[nH]nc(NS(=O)(=O)c2c[nH]c(=O)[nH]c2=O)c1C. The van der Waals surface area contributed by atoms with Gasteiger partial charge in [-0.1, -0.05) is 0 Å². The summed E-state index contributed by atoms with van der Waals surface area (Å²) in [6, 6.07) is 0. The van der Waals surface area contributed by atoms with E-state index in [2.05, 4.69) is 19.9 Å². The lowest BCUT2D eigenvalue weighted by Crippen LogP contribution is -2.29. The van der Waals surface area contributed by atoms with Gasteiger partial charge in [-0.25, -0.2) is 13.2 Å². The monoisotopic (exact) mass is 285 g/mol. The zero-order chi connectivity index (χ0) is 14.2. The van der Waals surface area contributed by atoms with Crippen LogP contribution >= 0.6 is 0 Å². The summed E-state index contributed by atoms with van der Waals surface area (Å²) < 4.78 is 26.1. The van der Waals surface area contributed by atoms with Crippen molar-refractivity contribution in [3.8, 4) is 0 Å². The lowest BCUT2D eigenvalue weighted by atomic mass is 10.3. The molecule has 4 N–H and O–H groups in total. The summed E-state index contributed by atoms with van der Waals surface area (Å²) in [4.78, 5) is 25.6. The van der Waals surface area contributed by atoms with Gasteiger partial charge in [-0.3, -0.25) is 19.6 Å². The Balaban J connectivity index is 2.46. The maximum atomic E-state index is 12.0. The largest absolute Gasteiger partial charge is 0.325 e. The van der Waals surface area contributed by atoms with Crippen molar-refractivity contribution < 1.29 is 8.42 Å². The third-order valence-electron chi connectivity index (χ3n) is 2.56. The van der Waals surface area contributed by atoms with Gasteiger partial charge in [0, 0.05) is 17.5 Å². The highest BCUT2D eigenvalue weighted by atomic mass is 32.2. The minimum absolute atomic E-state index is 0.100. The predicted molar refractivity (Wildman–Crippen MR) is 66.6 cm³/mol. The van der Waals surface area contributed by atoms with Gasteiger partial charge in [-0.2, -0.15) is 5.10 Å². The first-order chi connectivity index (χ1) is 8.81. The average Bonchev–Trinajstić information content (AvgIpc) is 2.60. The number of aromatic amines is 3. The number of aryl methyl sites for hydroxylation is 1. The quantitative estimate of drug-likeness (QED) is 0.584. The molecule has 0 amide bonds.